The third-order valence-electron chi connectivity index (χ3n) is 1.98. The summed E-state index contributed by atoms with van der Waals surface area (Å²) >= 11 is 3.37. The van der Waals surface area contributed by atoms with Crippen LogP contribution in [0.4, 0.5) is 0 Å². The van der Waals surface area contributed by atoms with Gasteiger partial charge in [-0.1, -0.05) is 11.7 Å². The molecule has 1 aromatic carbocycles. The van der Waals surface area contributed by atoms with Crippen LogP contribution in [-0.2, 0) is 34.0 Å². The second kappa shape index (κ2) is 9.40. The molecular formula is C6H8Na2O10S5. The Bertz CT molecular complexity index is 875. The van der Waals surface area contributed by atoms with Crippen molar-refractivity contribution in [2.45, 2.75) is 14.7 Å². The zero-order chi connectivity index (χ0) is 16.6. The molecule has 124 valence electrons. The Kier molecular flexibility index (Phi) is 10.9. The van der Waals surface area contributed by atoms with Crippen LogP contribution in [0.1, 0.15) is 0 Å². The maximum atomic E-state index is 11.6. The Balaban J connectivity index is 0. The van der Waals surface area contributed by atoms with E-state index < -0.39 is 50.8 Å². The van der Waals surface area contributed by atoms with Crippen molar-refractivity contribution in [2.75, 3.05) is 0 Å². The van der Waals surface area contributed by atoms with Crippen LogP contribution >= 0.6 is 22.7 Å². The van der Waals surface area contributed by atoms with E-state index in [0.29, 0.717) is 0 Å². The number of aromatic hydroxyl groups is 1. The Morgan fingerprint density at radius 2 is 1.35 bits per heavy atom. The number of thiol groups is 1. The summed E-state index contributed by atoms with van der Waals surface area (Å²) in [7, 11) is -15.0. The summed E-state index contributed by atoms with van der Waals surface area (Å²) in [6, 6.07) is 0.422. The third kappa shape index (κ3) is 6.93. The summed E-state index contributed by atoms with van der Waals surface area (Å²) in [5, 5.41) is 9.57. The Labute approximate surface area is 185 Å². The molecule has 17 heteroatoms. The van der Waals surface area contributed by atoms with Gasteiger partial charge < -0.3 is 5.11 Å². The number of hydrogen-bond donors (Lipinski definition) is 4. The Morgan fingerprint density at radius 3 is 1.70 bits per heavy atom. The number of rotatable bonds is 5. The third-order valence-corrected chi connectivity index (χ3v) is 6.03. The fourth-order valence-corrected chi connectivity index (χ4v) is 4.50. The molecule has 1 aromatic rings. The Morgan fingerprint density at radius 1 is 0.913 bits per heavy atom. The molecule has 23 heavy (non-hydrogen) atoms. The van der Waals surface area contributed by atoms with Gasteiger partial charge in [-0.25, -0.2) is 0 Å². The molecule has 3 N–H and O–H groups in total. The van der Waals surface area contributed by atoms with E-state index in [2.05, 4.69) is 15.3 Å². The number of phenolic OH excluding ortho intramolecular Hbond substituents is 1. The van der Waals surface area contributed by atoms with E-state index in [1.807, 2.05) is 0 Å². The fraction of sp³-hybridized carbons (Fsp3) is 0. The van der Waals surface area contributed by atoms with E-state index in [0.717, 1.165) is 0 Å². The molecule has 0 unspecified atom stereocenters. The van der Waals surface area contributed by atoms with Crippen molar-refractivity contribution in [3.8, 4) is 5.75 Å². The summed E-state index contributed by atoms with van der Waals surface area (Å²) in [6.45, 7) is 0. The normalized spacial score (nSPS) is 12.1. The van der Waals surface area contributed by atoms with Gasteiger partial charge in [-0.2, -0.15) is 28.9 Å². The molecule has 0 aliphatic heterocycles. The van der Waals surface area contributed by atoms with E-state index in [1.165, 1.54) is 0 Å². The molecular weight excluding hydrogens is 438 g/mol. The molecule has 0 fully saturated rings. The minimum atomic E-state index is -5.19. The molecule has 0 spiro atoms. The van der Waals surface area contributed by atoms with E-state index in [-0.39, 0.29) is 82.3 Å². The zero-order valence-electron chi connectivity index (χ0n) is 9.43. The summed E-state index contributed by atoms with van der Waals surface area (Å²) in [6.07, 6.45) is 0. The summed E-state index contributed by atoms with van der Waals surface area (Å²) in [4.78, 5) is -3.94. The maximum absolute atomic E-state index is 11.6. The number of hydrogen-bond acceptors (Lipinski definition) is 10. The summed E-state index contributed by atoms with van der Waals surface area (Å²) in [5.41, 5.74) is 0. The van der Waals surface area contributed by atoms with Crippen molar-refractivity contribution >= 4 is 112 Å². The van der Waals surface area contributed by atoms with Gasteiger partial charge in [0.15, 0.2) is 5.75 Å². The molecule has 0 aromatic heterocycles. The monoisotopic (exact) mass is 446 g/mol. The van der Waals surface area contributed by atoms with Gasteiger partial charge in [0.25, 0.3) is 20.2 Å². The molecule has 0 radical (unpaired) electrons. The standard InChI is InChI=1S/C6H6O10S5.2Na.2H/c7-6-4(20(11,12)13)1-3(19(8,9)10)2-5(6)21(14,15)16-18-17;;;;/h1-2,7,17H,(H,8,9,10)(H,11,12,13);;;;. The predicted molar refractivity (Wildman–Crippen MR) is 86.9 cm³/mol. The van der Waals surface area contributed by atoms with Gasteiger partial charge in [0.05, 0.1) is 16.0 Å². The second-order valence-electron chi connectivity index (χ2n) is 3.31. The topological polar surface area (TPSA) is 172 Å². The molecule has 0 atom stereocenters. The molecule has 10 nitrogen and oxygen atoms in total. The van der Waals surface area contributed by atoms with Gasteiger partial charge in [0, 0.05) is 0 Å². The van der Waals surface area contributed by atoms with Crippen LogP contribution in [0.25, 0.3) is 0 Å². The van der Waals surface area contributed by atoms with Crippen molar-refractivity contribution in [1.29, 1.82) is 0 Å². The van der Waals surface area contributed by atoms with Crippen molar-refractivity contribution in [3.63, 3.8) is 0 Å². The molecule has 0 aliphatic carbocycles. The molecule has 0 heterocycles. The van der Waals surface area contributed by atoms with Crippen LogP contribution in [0.2, 0.25) is 0 Å². The van der Waals surface area contributed by atoms with Gasteiger partial charge in [-0.3, -0.25) is 9.11 Å². The quantitative estimate of drug-likeness (QED) is 0.140. The van der Waals surface area contributed by atoms with Crippen LogP contribution in [-0.4, -0.2) is 98.6 Å². The molecule has 0 saturated carbocycles. The number of phenols is 1. The SMILES string of the molecule is O=S(=O)(O)c1cc(S(=O)(=O)O)c(O)c(S(=O)(=O)OSS)c1.[NaH].[NaH]. The first-order valence-corrected chi connectivity index (χ1v) is 10.5. The first-order valence-electron chi connectivity index (χ1n) is 4.37. The van der Waals surface area contributed by atoms with Gasteiger partial charge in [0.2, 0.25) is 0 Å². The average Bonchev–Trinajstić information content (AvgIpc) is 2.25. The van der Waals surface area contributed by atoms with Gasteiger partial charge in [-0.05, 0) is 12.1 Å². The van der Waals surface area contributed by atoms with Gasteiger partial charge in [0.1, 0.15) is 9.79 Å². The summed E-state index contributed by atoms with van der Waals surface area (Å²) < 4.78 is 89.1. The van der Waals surface area contributed by atoms with Crippen LogP contribution in [0.3, 0.4) is 0 Å². The molecule has 0 saturated heterocycles. The van der Waals surface area contributed by atoms with E-state index in [4.69, 9.17) is 9.11 Å². The first-order chi connectivity index (χ1) is 9.30. The minimum absolute atomic E-state index is 0. The van der Waals surface area contributed by atoms with E-state index in [9.17, 15) is 30.4 Å². The van der Waals surface area contributed by atoms with Crippen LogP contribution in [0, 0.1) is 0 Å². The summed E-state index contributed by atoms with van der Waals surface area (Å²) in [5.74, 6) is -1.48. The first kappa shape index (κ1) is 26.7. The molecule has 0 bridgehead atoms. The predicted octanol–water partition coefficient (Wildman–Crippen LogP) is -1.21. The van der Waals surface area contributed by atoms with Crippen LogP contribution in [0.15, 0.2) is 26.8 Å². The van der Waals surface area contributed by atoms with Crippen molar-refractivity contribution < 1.29 is 43.1 Å². The number of benzene rings is 1. The van der Waals surface area contributed by atoms with E-state index >= 15 is 0 Å². The molecule has 0 amide bonds. The second-order valence-corrected chi connectivity index (χ2v) is 8.62. The van der Waals surface area contributed by atoms with E-state index in [1.54, 1.807) is 0 Å². The zero-order valence-corrected chi connectivity index (χ0v) is 13.6. The Hall–Kier alpha value is 1.45. The van der Waals surface area contributed by atoms with Crippen molar-refractivity contribution in [3.05, 3.63) is 12.1 Å². The van der Waals surface area contributed by atoms with Crippen molar-refractivity contribution in [2.24, 2.45) is 0 Å². The molecule has 1 rings (SSSR count). The fourth-order valence-electron chi connectivity index (χ4n) is 1.17. The van der Waals surface area contributed by atoms with Crippen molar-refractivity contribution in [1.82, 2.24) is 0 Å². The average molecular weight is 446 g/mol. The van der Waals surface area contributed by atoms with Gasteiger partial charge >= 0.3 is 69.2 Å². The van der Waals surface area contributed by atoms with Crippen LogP contribution in [0.5, 0.6) is 5.75 Å². The van der Waals surface area contributed by atoms with Crippen LogP contribution < -0.4 is 0 Å². The molecule has 0 aliphatic rings. The van der Waals surface area contributed by atoms with Gasteiger partial charge in [-0.15, -0.1) is 0 Å².